The number of hydrogen-bond donors (Lipinski definition) is 1. The number of anilines is 2. The Morgan fingerprint density at radius 2 is 1.74 bits per heavy atom. The topological polar surface area (TPSA) is 58.3 Å². The molecule has 0 unspecified atom stereocenters. The van der Waals surface area contributed by atoms with Gasteiger partial charge in [0, 0.05) is 32.0 Å². The van der Waals surface area contributed by atoms with E-state index >= 15 is 0 Å². The number of rotatable bonds is 3. The van der Waals surface area contributed by atoms with Crippen LogP contribution in [-0.4, -0.2) is 47.6 Å². The smallest absolute Gasteiger partial charge is 0.171 e. The van der Waals surface area contributed by atoms with E-state index in [1.165, 1.54) is 45.3 Å². The maximum atomic E-state index is 5.89. The minimum Gasteiger partial charge on any atom is -0.381 e. The highest BCUT2D eigenvalue weighted by Gasteiger charge is 2.24. The number of likely N-dealkylation sites (tertiary alicyclic amines) is 1. The van der Waals surface area contributed by atoms with E-state index in [9.17, 15) is 0 Å². The van der Waals surface area contributed by atoms with Crippen LogP contribution in [0.5, 0.6) is 0 Å². The summed E-state index contributed by atoms with van der Waals surface area (Å²) in [5.74, 6) is 2.26. The molecule has 0 radical (unpaired) electrons. The maximum Gasteiger partial charge on any atom is 0.171 e. The largest absolute Gasteiger partial charge is 0.381 e. The lowest BCUT2D eigenvalue weighted by Crippen LogP contribution is -2.38. The van der Waals surface area contributed by atoms with Gasteiger partial charge in [0.25, 0.3) is 0 Å². The number of hydrogen-bond acceptors (Lipinski definition) is 5. The number of piperidine rings is 1. The molecule has 1 aromatic heterocycles. The summed E-state index contributed by atoms with van der Waals surface area (Å²) in [6, 6.07) is 0. The Kier molecular flexibility index (Phi) is 3.82. The predicted molar refractivity (Wildman–Crippen MR) is 77.1 cm³/mol. The number of nitrogen functional groups attached to an aromatic ring is 1. The molecule has 5 nitrogen and oxygen atoms in total. The van der Waals surface area contributed by atoms with Gasteiger partial charge in [-0.05, 0) is 44.7 Å². The zero-order valence-corrected chi connectivity index (χ0v) is 11.5. The third kappa shape index (κ3) is 2.97. The van der Waals surface area contributed by atoms with Gasteiger partial charge in [0.1, 0.15) is 0 Å². The van der Waals surface area contributed by atoms with E-state index in [2.05, 4.69) is 19.8 Å². The van der Waals surface area contributed by atoms with Crippen LogP contribution in [0, 0.1) is 5.92 Å². The third-order valence-corrected chi connectivity index (χ3v) is 4.34. The van der Waals surface area contributed by atoms with Gasteiger partial charge in [-0.1, -0.05) is 0 Å². The lowest BCUT2D eigenvalue weighted by molar-refractivity contribution is 0.249. The average Bonchev–Trinajstić information content (AvgIpc) is 2.93. The SMILES string of the molecule is Nc1nccnc1N1CCC(CN2CCCC2)CC1. The first-order chi connectivity index (χ1) is 9.33. The van der Waals surface area contributed by atoms with Crippen molar-refractivity contribution in [2.75, 3.05) is 43.4 Å². The molecular weight excluding hydrogens is 238 g/mol. The van der Waals surface area contributed by atoms with Gasteiger partial charge in [0.05, 0.1) is 0 Å². The van der Waals surface area contributed by atoms with Crippen LogP contribution < -0.4 is 10.6 Å². The maximum absolute atomic E-state index is 5.89. The lowest BCUT2D eigenvalue weighted by Gasteiger charge is -2.34. The van der Waals surface area contributed by atoms with Crippen LogP contribution in [-0.2, 0) is 0 Å². The fourth-order valence-electron chi connectivity index (χ4n) is 3.24. The van der Waals surface area contributed by atoms with E-state index in [1.54, 1.807) is 12.4 Å². The van der Waals surface area contributed by atoms with E-state index in [-0.39, 0.29) is 0 Å². The monoisotopic (exact) mass is 261 g/mol. The Morgan fingerprint density at radius 3 is 2.42 bits per heavy atom. The molecule has 0 aliphatic carbocycles. The zero-order chi connectivity index (χ0) is 13.1. The molecule has 0 aromatic carbocycles. The normalized spacial score (nSPS) is 22.0. The van der Waals surface area contributed by atoms with Gasteiger partial charge in [-0.15, -0.1) is 0 Å². The van der Waals surface area contributed by atoms with Crippen molar-refractivity contribution in [3.05, 3.63) is 12.4 Å². The Hall–Kier alpha value is -1.36. The minimum atomic E-state index is 0.556. The molecule has 2 aliphatic heterocycles. The second-order valence-corrected chi connectivity index (χ2v) is 5.70. The van der Waals surface area contributed by atoms with Gasteiger partial charge in [-0.2, -0.15) is 0 Å². The van der Waals surface area contributed by atoms with Gasteiger partial charge < -0.3 is 15.5 Å². The molecule has 2 fully saturated rings. The first-order valence-electron chi connectivity index (χ1n) is 7.37. The first kappa shape index (κ1) is 12.7. The second kappa shape index (κ2) is 5.74. The summed E-state index contributed by atoms with van der Waals surface area (Å²) in [6.07, 6.45) is 8.63. The van der Waals surface area contributed by atoms with Crippen LogP contribution in [0.4, 0.5) is 11.6 Å². The summed E-state index contributed by atoms with van der Waals surface area (Å²) in [5.41, 5.74) is 5.89. The van der Waals surface area contributed by atoms with Gasteiger partial charge >= 0.3 is 0 Å². The molecule has 19 heavy (non-hydrogen) atoms. The number of nitrogens with two attached hydrogens (primary N) is 1. The van der Waals surface area contributed by atoms with Crippen molar-refractivity contribution in [1.82, 2.24) is 14.9 Å². The zero-order valence-electron chi connectivity index (χ0n) is 11.5. The molecule has 2 aliphatic rings. The molecule has 0 bridgehead atoms. The van der Waals surface area contributed by atoms with Crippen LogP contribution >= 0.6 is 0 Å². The van der Waals surface area contributed by atoms with Crippen molar-refractivity contribution in [1.29, 1.82) is 0 Å². The fourth-order valence-corrected chi connectivity index (χ4v) is 3.24. The highest BCUT2D eigenvalue weighted by atomic mass is 15.2. The minimum absolute atomic E-state index is 0.556. The molecule has 3 heterocycles. The van der Waals surface area contributed by atoms with Gasteiger partial charge in [-0.25, -0.2) is 9.97 Å². The molecule has 2 saturated heterocycles. The van der Waals surface area contributed by atoms with Gasteiger partial charge in [0.15, 0.2) is 11.6 Å². The molecule has 1 aromatic rings. The van der Waals surface area contributed by atoms with Crippen molar-refractivity contribution in [2.24, 2.45) is 5.92 Å². The Bertz CT molecular complexity index is 408. The van der Waals surface area contributed by atoms with E-state index in [1.807, 2.05) is 0 Å². The highest BCUT2D eigenvalue weighted by molar-refractivity contribution is 5.57. The van der Waals surface area contributed by atoms with Gasteiger partial charge in [0.2, 0.25) is 0 Å². The Balaban J connectivity index is 1.53. The molecule has 0 amide bonds. The van der Waals surface area contributed by atoms with Crippen molar-refractivity contribution in [3.63, 3.8) is 0 Å². The van der Waals surface area contributed by atoms with E-state index in [4.69, 9.17) is 5.73 Å². The van der Waals surface area contributed by atoms with Crippen LogP contribution in [0.3, 0.4) is 0 Å². The Morgan fingerprint density at radius 1 is 1.05 bits per heavy atom. The summed E-state index contributed by atoms with van der Waals surface area (Å²) in [6.45, 7) is 6.00. The summed E-state index contributed by atoms with van der Waals surface area (Å²) in [7, 11) is 0. The van der Waals surface area contributed by atoms with E-state index < -0.39 is 0 Å². The molecule has 0 saturated carbocycles. The molecular formula is C14H23N5. The fraction of sp³-hybridized carbons (Fsp3) is 0.714. The molecule has 0 spiro atoms. The average molecular weight is 261 g/mol. The summed E-state index contributed by atoms with van der Waals surface area (Å²) in [4.78, 5) is 13.4. The lowest BCUT2D eigenvalue weighted by atomic mass is 9.96. The number of aromatic nitrogens is 2. The van der Waals surface area contributed by atoms with Gasteiger partial charge in [-0.3, -0.25) is 0 Å². The van der Waals surface area contributed by atoms with Crippen molar-refractivity contribution >= 4 is 11.6 Å². The van der Waals surface area contributed by atoms with Crippen LogP contribution in [0.2, 0.25) is 0 Å². The second-order valence-electron chi connectivity index (χ2n) is 5.70. The third-order valence-electron chi connectivity index (χ3n) is 4.34. The molecule has 2 N–H and O–H groups in total. The number of nitrogens with zero attached hydrogens (tertiary/aromatic N) is 4. The van der Waals surface area contributed by atoms with Crippen molar-refractivity contribution in [2.45, 2.75) is 25.7 Å². The van der Waals surface area contributed by atoms with Crippen molar-refractivity contribution in [3.8, 4) is 0 Å². The Labute approximate surface area is 114 Å². The summed E-state index contributed by atoms with van der Waals surface area (Å²) in [5, 5.41) is 0. The van der Waals surface area contributed by atoms with E-state index in [0.29, 0.717) is 5.82 Å². The van der Waals surface area contributed by atoms with Crippen molar-refractivity contribution < 1.29 is 0 Å². The predicted octanol–water partition coefficient (Wildman–Crippen LogP) is 1.37. The summed E-state index contributed by atoms with van der Waals surface area (Å²) < 4.78 is 0. The molecule has 3 rings (SSSR count). The molecule has 104 valence electrons. The molecule has 0 atom stereocenters. The summed E-state index contributed by atoms with van der Waals surface area (Å²) >= 11 is 0. The first-order valence-corrected chi connectivity index (χ1v) is 7.37. The molecule has 5 heteroatoms. The highest BCUT2D eigenvalue weighted by Crippen LogP contribution is 2.25. The van der Waals surface area contributed by atoms with Crippen LogP contribution in [0.1, 0.15) is 25.7 Å². The van der Waals surface area contributed by atoms with E-state index in [0.717, 1.165) is 24.8 Å². The van der Waals surface area contributed by atoms with Crippen LogP contribution in [0.25, 0.3) is 0 Å². The standard InChI is InChI=1S/C14H23N5/c15-13-14(17-6-5-16-13)19-9-3-12(4-10-19)11-18-7-1-2-8-18/h5-6,12H,1-4,7-11H2,(H2,15,16). The quantitative estimate of drug-likeness (QED) is 0.890. The van der Waals surface area contributed by atoms with Crippen LogP contribution in [0.15, 0.2) is 12.4 Å².